The maximum Gasteiger partial charge on any atom is 0.121 e. The molecule has 4 N–H and O–H groups in total. The number of aliphatic hydroxyl groups excluding tert-OH is 1. The largest absolute Gasteiger partial charge is 0.508 e. The minimum absolute atomic E-state index is 0.115. The molecule has 0 aliphatic carbocycles. The molecule has 0 aromatic heterocycles. The van der Waals surface area contributed by atoms with Gasteiger partial charge in [-0.2, -0.15) is 0 Å². The van der Waals surface area contributed by atoms with Gasteiger partial charge in [-0.15, -0.1) is 0 Å². The predicted molar refractivity (Wildman–Crippen MR) is 63.7 cm³/mol. The van der Waals surface area contributed by atoms with Gasteiger partial charge in [0.05, 0.1) is 11.6 Å². The second-order valence-electron chi connectivity index (χ2n) is 3.63. The van der Waals surface area contributed by atoms with Gasteiger partial charge in [0, 0.05) is 11.5 Å². The van der Waals surface area contributed by atoms with Crippen LogP contribution in [0.1, 0.15) is 18.1 Å². The molecule has 1 rings (SSSR count). The maximum atomic E-state index is 9.37. The summed E-state index contributed by atoms with van der Waals surface area (Å²) in [4.78, 5) is 0.480. The third-order valence-corrected chi connectivity index (χ3v) is 2.74. The third-order valence-electron chi connectivity index (χ3n) is 2.34. The zero-order chi connectivity index (χ0) is 11.4. The average molecular weight is 225 g/mol. The number of hydrogen-bond donors (Lipinski definition) is 3. The molecule has 82 valence electrons. The first-order chi connectivity index (χ1) is 7.04. The van der Waals surface area contributed by atoms with Gasteiger partial charge < -0.3 is 15.9 Å². The number of thiocarbonyl (C=S) groups is 1. The molecule has 1 aromatic carbocycles. The van der Waals surface area contributed by atoms with Crippen LogP contribution >= 0.6 is 12.2 Å². The molecule has 0 aliphatic heterocycles. The molecule has 3 nitrogen and oxygen atoms in total. The molecule has 0 amide bonds. The van der Waals surface area contributed by atoms with Crippen LogP contribution in [0.15, 0.2) is 18.2 Å². The molecule has 0 spiro atoms. The van der Waals surface area contributed by atoms with E-state index in [4.69, 9.17) is 23.1 Å². The molecule has 0 heterocycles. The van der Waals surface area contributed by atoms with Crippen LogP contribution in [0.3, 0.4) is 0 Å². The molecule has 1 aromatic rings. The molecule has 0 aliphatic rings. The number of rotatable bonds is 4. The first kappa shape index (κ1) is 11.9. The van der Waals surface area contributed by atoms with Crippen molar-refractivity contribution in [2.24, 2.45) is 11.7 Å². The van der Waals surface area contributed by atoms with Crippen LogP contribution in [0.25, 0.3) is 0 Å². The second-order valence-corrected chi connectivity index (χ2v) is 4.10. The highest BCUT2D eigenvalue weighted by Crippen LogP contribution is 2.20. The van der Waals surface area contributed by atoms with Crippen molar-refractivity contribution in [2.75, 3.05) is 0 Å². The summed E-state index contributed by atoms with van der Waals surface area (Å²) in [6.07, 6.45) is 0.725. The first-order valence-corrected chi connectivity index (χ1v) is 5.16. The lowest BCUT2D eigenvalue weighted by Gasteiger charge is -2.10. The molecule has 15 heavy (non-hydrogen) atoms. The maximum absolute atomic E-state index is 9.37. The molecule has 0 bridgehead atoms. The Morgan fingerprint density at radius 2 is 2.20 bits per heavy atom. The highest BCUT2D eigenvalue weighted by molar-refractivity contribution is 7.80. The van der Waals surface area contributed by atoms with E-state index >= 15 is 0 Å². The SMILES string of the molecule is CC(Cc1ccc(O)c(CO)c1)C(N)=S. The number of hydrogen-bond acceptors (Lipinski definition) is 3. The fourth-order valence-electron chi connectivity index (χ4n) is 1.35. The monoisotopic (exact) mass is 225 g/mol. The van der Waals surface area contributed by atoms with E-state index in [-0.39, 0.29) is 18.3 Å². The Kier molecular flexibility index (Phi) is 4.05. The van der Waals surface area contributed by atoms with Crippen molar-refractivity contribution in [3.05, 3.63) is 29.3 Å². The van der Waals surface area contributed by atoms with Crippen LogP contribution in [-0.2, 0) is 13.0 Å². The summed E-state index contributed by atoms with van der Waals surface area (Å²) < 4.78 is 0. The van der Waals surface area contributed by atoms with Crippen molar-refractivity contribution in [3.8, 4) is 5.75 Å². The van der Waals surface area contributed by atoms with Crippen LogP contribution < -0.4 is 5.73 Å². The van der Waals surface area contributed by atoms with Gasteiger partial charge in [0.1, 0.15) is 5.75 Å². The Bertz CT molecular complexity index is 366. The van der Waals surface area contributed by atoms with Crippen molar-refractivity contribution in [2.45, 2.75) is 20.0 Å². The van der Waals surface area contributed by atoms with E-state index < -0.39 is 0 Å². The standard InChI is InChI=1S/C11H15NO2S/c1-7(11(12)15)4-8-2-3-10(14)9(5-8)6-13/h2-3,5,7,13-14H,4,6H2,1H3,(H2,12,15). The number of aromatic hydroxyl groups is 1. The quantitative estimate of drug-likeness (QED) is 0.677. The van der Waals surface area contributed by atoms with Gasteiger partial charge in [-0.25, -0.2) is 0 Å². The van der Waals surface area contributed by atoms with Crippen LogP contribution in [0.5, 0.6) is 5.75 Å². The number of benzene rings is 1. The lowest BCUT2D eigenvalue weighted by Crippen LogP contribution is -2.20. The zero-order valence-electron chi connectivity index (χ0n) is 8.60. The van der Waals surface area contributed by atoms with Crippen molar-refractivity contribution in [1.82, 2.24) is 0 Å². The highest BCUT2D eigenvalue weighted by atomic mass is 32.1. The van der Waals surface area contributed by atoms with Gasteiger partial charge in [-0.1, -0.05) is 25.2 Å². The van der Waals surface area contributed by atoms with Gasteiger partial charge in [0.25, 0.3) is 0 Å². The average Bonchev–Trinajstić information content (AvgIpc) is 2.20. The summed E-state index contributed by atoms with van der Waals surface area (Å²) in [6.45, 7) is 1.79. The van der Waals surface area contributed by atoms with Gasteiger partial charge in [0.15, 0.2) is 0 Å². The number of phenols is 1. The Morgan fingerprint density at radius 3 is 2.73 bits per heavy atom. The molecule has 1 atom stereocenters. The molecule has 4 heteroatoms. The molecule has 0 fully saturated rings. The number of nitrogens with two attached hydrogens (primary N) is 1. The minimum Gasteiger partial charge on any atom is -0.508 e. The molecule has 1 unspecified atom stereocenters. The highest BCUT2D eigenvalue weighted by Gasteiger charge is 2.08. The van der Waals surface area contributed by atoms with Crippen LogP contribution in [0.4, 0.5) is 0 Å². The normalized spacial score (nSPS) is 12.4. The van der Waals surface area contributed by atoms with E-state index in [0.29, 0.717) is 10.6 Å². The second kappa shape index (κ2) is 5.09. The molecule has 0 saturated heterocycles. The van der Waals surface area contributed by atoms with E-state index in [2.05, 4.69) is 0 Å². The Labute approximate surface area is 94.5 Å². The fraction of sp³-hybridized carbons (Fsp3) is 0.364. The Hall–Kier alpha value is -1.13. The summed E-state index contributed by atoms with van der Waals surface area (Å²) in [5, 5.41) is 18.3. The van der Waals surface area contributed by atoms with E-state index in [1.807, 2.05) is 13.0 Å². The first-order valence-electron chi connectivity index (χ1n) is 4.75. The number of aliphatic hydroxyl groups is 1. The molecular formula is C11H15NO2S. The summed E-state index contributed by atoms with van der Waals surface area (Å²) >= 11 is 4.88. The summed E-state index contributed by atoms with van der Waals surface area (Å²) in [7, 11) is 0. The van der Waals surface area contributed by atoms with Gasteiger partial charge in [-0.3, -0.25) is 0 Å². The lowest BCUT2D eigenvalue weighted by atomic mass is 9.99. The van der Waals surface area contributed by atoms with Crippen LogP contribution in [0, 0.1) is 5.92 Å². The Balaban J connectivity index is 2.83. The summed E-state index contributed by atoms with van der Waals surface area (Å²) in [5.41, 5.74) is 7.06. The van der Waals surface area contributed by atoms with Crippen molar-refractivity contribution >= 4 is 17.2 Å². The minimum atomic E-state index is -0.166. The van der Waals surface area contributed by atoms with Gasteiger partial charge >= 0.3 is 0 Å². The van der Waals surface area contributed by atoms with E-state index in [0.717, 1.165) is 12.0 Å². The zero-order valence-corrected chi connectivity index (χ0v) is 9.42. The Morgan fingerprint density at radius 1 is 1.53 bits per heavy atom. The lowest BCUT2D eigenvalue weighted by molar-refractivity contribution is 0.275. The van der Waals surface area contributed by atoms with Crippen molar-refractivity contribution in [1.29, 1.82) is 0 Å². The molecule has 0 radical (unpaired) electrons. The van der Waals surface area contributed by atoms with E-state index in [1.54, 1.807) is 12.1 Å². The smallest absolute Gasteiger partial charge is 0.121 e. The van der Waals surface area contributed by atoms with Crippen LogP contribution in [-0.4, -0.2) is 15.2 Å². The molecule has 0 saturated carbocycles. The third kappa shape index (κ3) is 3.18. The molecular weight excluding hydrogens is 210 g/mol. The van der Waals surface area contributed by atoms with E-state index in [9.17, 15) is 5.11 Å². The van der Waals surface area contributed by atoms with Gasteiger partial charge in [0.2, 0.25) is 0 Å². The van der Waals surface area contributed by atoms with Gasteiger partial charge in [-0.05, 0) is 24.1 Å². The summed E-state index contributed by atoms with van der Waals surface area (Å²) in [6, 6.07) is 5.15. The topological polar surface area (TPSA) is 66.5 Å². The predicted octanol–water partition coefficient (Wildman–Crippen LogP) is 1.35. The van der Waals surface area contributed by atoms with E-state index in [1.165, 1.54) is 0 Å². The van der Waals surface area contributed by atoms with Crippen LogP contribution in [0.2, 0.25) is 0 Å². The van der Waals surface area contributed by atoms with Crippen molar-refractivity contribution < 1.29 is 10.2 Å². The summed E-state index contributed by atoms with van der Waals surface area (Å²) in [5.74, 6) is 0.236. The van der Waals surface area contributed by atoms with Crippen molar-refractivity contribution in [3.63, 3.8) is 0 Å². The fourth-order valence-corrected chi connectivity index (χ4v) is 1.43.